The Morgan fingerprint density at radius 1 is 1.00 bits per heavy atom. The summed E-state index contributed by atoms with van der Waals surface area (Å²) in [7, 11) is 0. The Kier molecular flexibility index (Phi) is 5.47. The van der Waals surface area contributed by atoms with Gasteiger partial charge >= 0.3 is 0 Å². The third kappa shape index (κ3) is 3.89. The number of allylic oxidation sites excluding steroid dienone is 1. The smallest absolute Gasteiger partial charge is 0.174 e. The quantitative estimate of drug-likeness (QED) is 0.532. The molecule has 0 spiro atoms. The van der Waals surface area contributed by atoms with Crippen LogP contribution in [0.25, 0.3) is 0 Å². The molecule has 1 aromatic rings. The molecule has 0 aromatic heterocycles. The Balaban J connectivity index is 1.41. The molecule has 0 saturated heterocycles. The Morgan fingerprint density at radius 3 is 2.62 bits per heavy atom. The van der Waals surface area contributed by atoms with E-state index in [9.17, 15) is 8.78 Å². The highest BCUT2D eigenvalue weighted by atomic mass is 19.3. The van der Waals surface area contributed by atoms with Crippen molar-refractivity contribution >= 4 is 0 Å². The van der Waals surface area contributed by atoms with Crippen LogP contribution in [0.15, 0.2) is 30.4 Å². The summed E-state index contributed by atoms with van der Waals surface area (Å²) in [6, 6.07) is 7.32. The Labute approximate surface area is 157 Å². The average Bonchev–Trinajstić information content (AvgIpc) is 2.66. The van der Waals surface area contributed by atoms with Gasteiger partial charge in [-0.15, -0.1) is 0 Å². The van der Waals surface area contributed by atoms with Crippen LogP contribution in [0.5, 0.6) is 0 Å². The monoisotopic (exact) mass is 358 g/mol. The van der Waals surface area contributed by atoms with Crippen LogP contribution >= 0.6 is 0 Å². The topological polar surface area (TPSA) is 0 Å². The van der Waals surface area contributed by atoms with Crippen LogP contribution in [0.2, 0.25) is 0 Å². The van der Waals surface area contributed by atoms with Crippen molar-refractivity contribution in [2.45, 2.75) is 77.0 Å². The highest BCUT2D eigenvalue weighted by Gasteiger charge is 2.36. The van der Waals surface area contributed by atoms with Crippen LogP contribution in [0.3, 0.4) is 0 Å². The fourth-order valence-corrected chi connectivity index (χ4v) is 6.01. The van der Waals surface area contributed by atoms with Crippen LogP contribution in [-0.4, -0.2) is 0 Å². The van der Waals surface area contributed by atoms with Crippen molar-refractivity contribution in [1.82, 2.24) is 0 Å². The van der Waals surface area contributed by atoms with Gasteiger partial charge in [-0.05, 0) is 110 Å². The third-order valence-corrected chi connectivity index (χ3v) is 7.62. The van der Waals surface area contributed by atoms with E-state index in [1.54, 1.807) is 16.7 Å². The lowest BCUT2D eigenvalue weighted by atomic mass is 9.63. The first-order valence-corrected chi connectivity index (χ1v) is 10.8. The molecular formula is C24H32F2. The van der Waals surface area contributed by atoms with Gasteiger partial charge in [-0.3, -0.25) is 0 Å². The normalized spacial score (nSPS) is 33.9. The fourth-order valence-electron chi connectivity index (χ4n) is 6.01. The van der Waals surface area contributed by atoms with Crippen LogP contribution in [0.1, 0.15) is 80.9 Å². The van der Waals surface area contributed by atoms with Crippen LogP contribution in [0, 0.1) is 23.7 Å². The predicted molar refractivity (Wildman–Crippen MR) is 103 cm³/mol. The summed E-state index contributed by atoms with van der Waals surface area (Å²) < 4.78 is 25.1. The molecule has 0 heterocycles. The van der Waals surface area contributed by atoms with E-state index in [1.807, 2.05) is 0 Å². The highest BCUT2D eigenvalue weighted by Crippen LogP contribution is 2.48. The van der Waals surface area contributed by atoms with E-state index in [1.165, 1.54) is 51.0 Å². The van der Waals surface area contributed by atoms with Gasteiger partial charge in [0.15, 0.2) is 0 Å². The lowest BCUT2D eigenvalue weighted by molar-refractivity contribution is 0.132. The molecule has 0 amide bonds. The lowest BCUT2D eigenvalue weighted by Crippen LogP contribution is -2.30. The largest absolute Gasteiger partial charge is 0.266 e. The zero-order chi connectivity index (χ0) is 18.1. The maximum Gasteiger partial charge on any atom is 0.266 e. The minimum absolute atomic E-state index is 0.119. The second-order valence-electron chi connectivity index (χ2n) is 9.10. The summed E-state index contributed by atoms with van der Waals surface area (Å²) in [4.78, 5) is 0. The summed E-state index contributed by atoms with van der Waals surface area (Å²) in [6.07, 6.45) is 11.7. The molecular weight excluding hydrogens is 326 g/mol. The zero-order valence-corrected chi connectivity index (χ0v) is 16.0. The van der Waals surface area contributed by atoms with E-state index in [0.717, 1.165) is 31.1 Å². The average molecular weight is 359 g/mol. The molecule has 5 unspecified atom stereocenters. The number of halogens is 2. The Morgan fingerprint density at radius 2 is 1.81 bits per heavy atom. The van der Waals surface area contributed by atoms with E-state index in [2.05, 4.69) is 25.1 Å². The predicted octanol–water partition coefficient (Wildman–Crippen LogP) is 7.28. The summed E-state index contributed by atoms with van der Waals surface area (Å²) in [6.45, 7) is 2.31. The molecule has 3 aliphatic rings. The van der Waals surface area contributed by atoms with Gasteiger partial charge in [0.05, 0.1) is 0 Å². The van der Waals surface area contributed by atoms with Gasteiger partial charge in [0, 0.05) is 0 Å². The zero-order valence-electron chi connectivity index (χ0n) is 16.0. The van der Waals surface area contributed by atoms with Crippen molar-refractivity contribution in [2.24, 2.45) is 23.7 Å². The van der Waals surface area contributed by atoms with Crippen molar-refractivity contribution in [3.05, 3.63) is 47.0 Å². The molecule has 0 bridgehead atoms. The molecule has 0 radical (unpaired) electrons. The van der Waals surface area contributed by atoms with Gasteiger partial charge in [-0.2, -0.15) is 8.78 Å². The molecule has 0 N–H and O–H groups in total. The minimum Gasteiger partial charge on any atom is -0.174 e. The van der Waals surface area contributed by atoms with Crippen molar-refractivity contribution in [2.75, 3.05) is 0 Å². The summed E-state index contributed by atoms with van der Waals surface area (Å²) in [5.74, 6) is 3.11. The first-order chi connectivity index (χ1) is 12.6. The first kappa shape index (κ1) is 18.2. The van der Waals surface area contributed by atoms with Crippen molar-refractivity contribution in [1.29, 1.82) is 0 Å². The number of aryl methyl sites for hydroxylation is 1. The van der Waals surface area contributed by atoms with Crippen molar-refractivity contribution < 1.29 is 8.78 Å². The molecule has 3 aliphatic carbocycles. The maximum atomic E-state index is 12.6. The third-order valence-electron chi connectivity index (χ3n) is 7.62. The van der Waals surface area contributed by atoms with Gasteiger partial charge in [-0.25, -0.2) is 0 Å². The molecule has 2 fully saturated rings. The molecule has 4 rings (SSSR count). The number of fused-ring (bicyclic) bond motifs is 2. The standard InChI is InChI=1S/C24H32F2/c1-2-16-3-5-20-14-22(9-7-18(20)11-16)23-10-8-19-12-17(13-24(25)26)4-6-21(19)15-23/h7,9,13-14,16-17,19,21,23H,2-6,8,10-12,15H2,1H3. The molecule has 2 saturated carbocycles. The van der Waals surface area contributed by atoms with Crippen LogP contribution < -0.4 is 0 Å². The molecule has 0 aliphatic heterocycles. The Bertz CT molecular complexity index is 658. The van der Waals surface area contributed by atoms with Gasteiger partial charge < -0.3 is 0 Å². The van der Waals surface area contributed by atoms with Gasteiger partial charge in [0.1, 0.15) is 0 Å². The lowest BCUT2D eigenvalue weighted by Gasteiger charge is -2.42. The second-order valence-corrected chi connectivity index (χ2v) is 9.10. The molecule has 5 atom stereocenters. The van der Waals surface area contributed by atoms with E-state index < -0.39 is 6.08 Å². The Hall–Kier alpha value is -1.18. The molecule has 142 valence electrons. The van der Waals surface area contributed by atoms with E-state index in [0.29, 0.717) is 11.8 Å². The van der Waals surface area contributed by atoms with Crippen molar-refractivity contribution in [3.63, 3.8) is 0 Å². The SMILES string of the molecule is CCC1CCc2cc(C3CCC4CC(C=C(F)F)CCC4C3)ccc2C1. The van der Waals surface area contributed by atoms with Gasteiger partial charge in [0.2, 0.25) is 0 Å². The maximum absolute atomic E-state index is 12.6. The molecule has 0 nitrogen and oxygen atoms in total. The van der Waals surface area contributed by atoms with E-state index >= 15 is 0 Å². The molecule has 1 aromatic carbocycles. The molecule has 2 heteroatoms. The summed E-state index contributed by atoms with van der Waals surface area (Å²) in [5, 5.41) is 0. The van der Waals surface area contributed by atoms with Crippen LogP contribution in [-0.2, 0) is 12.8 Å². The minimum atomic E-state index is -1.48. The number of hydrogen-bond donors (Lipinski definition) is 0. The first-order valence-electron chi connectivity index (χ1n) is 10.8. The van der Waals surface area contributed by atoms with Crippen molar-refractivity contribution in [3.8, 4) is 0 Å². The second kappa shape index (κ2) is 7.82. The number of hydrogen-bond acceptors (Lipinski definition) is 0. The summed E-state index contributed by atoms with van der Waals surface area (Å²) >= 11 is 0. The number of rotatable bonds is 3. The fraction of sp³-hybridized carbons (Fsp3) is 0.667. The van der Waals surface area contributed by atoms with E-state index in [4.69, 9.17) is 0 Å². The number of benzene rings is 1. The van der Waals surface area contributed by atoms with Crippen LogP contribution in [0.4, 0.5) is 8.78 Å². The van der Waals surface area contributed by atoms with Gasteiger partial charge in [0.25, 0.3) is 6.08 Å². The summed E-state index contributed by atoms with van der Waals surface area (Å²) in [5.41, 5.74) is 4.73. The highest BCUT2D eigenvalue weighted by molar-refractivity contribution is 5.36. The molecule has 26 heavy (non-hydrogen) atoms. The van der Waals surface area contributed by atoms with Gasteiger partial charge in [-0.1, -0.05) is 31.5 Å². The van der Waals surface area contributed by atoms with E-state index in [-0.39, 0.29) is 5.92 Å².